The zero-order chi connectivity index (χ0) is 14.7. The normalized spacial score (nSPS) is 18.8. The quantitative estimate of drug-likeness (QED) is 0.908. The summed E-state index contributed by atoms with van der Waals surface area (Å²) in [5.41, 5.74) is 5.59. The lowest BCUT2D eigenvalue weighted by atomic mass is 9.87. The summed E-state index contributed by atoms with van der Waals surface area (Å²) in [4.78, 5) is 17.7. The molecule has 1 unspecified atom stereocenters. The first-order valence-corrected chi connectivity index (χ1v) is 7.64. The topological polar surface area (TPSA) is 59.2 Å². The molecule has 1 amide bonds. The van der Waals surface area contributed by atoms with Crippen molar-refractivity contribution < 1.29 is 4.79 Å². The highest BCUT2D eigenvalue weighted by molar-refractivity contribution is 6.33. The summed E-state index contributed by atoms with van der Waals surface area (Å²) in [7, 11) is 0. The van der Waals surface area contributed by atoms with E-state index < -0.39 is 5.91 Å². The molecule has 2 heterocycles. The van der Waals surface area contributed by atoms with Crippen LogP contribution >= 0.6 is 11.6 Å². The summed E-state index contributed by atoms with van der Waals surface area (Å²) < 4.78 is 0. The summed E-state index contributed by atoms with van der Waals surface area (Å²) in [6.45, 7) is 6.48. The van der Waals surface area contributed by atoms with E-state index in [1.165, 1.54) is 25.5 Å². The Bertz CT molecular complexity index is 488. The first-order chi connectivity index (χ1) is 9.56. The average molecular weight is 296 g/mol. The van der Waals surface area contributed by atoms with Crippen molar-refractivity contribution in [1.82, 2.24) is 4.98 Å². The number of primary amides is 1. The Labute approximate surface area is 125 Å². The SMILES string of the molecule is CCC(CC)C1CCN(c2ncc(C(N)=O)cc2Cl)C1. The van der Waals surface area contributed by atoms with E-state index in [2.05, 4.69) is 23.7 Å². The zero-order valence-corrected chi connectivity index (χ0v) is 12.9. The van der Waals surface area contributed by atoms with E-state index in [-0.39, 0.29) is 0 Å². The number of anilines is 1. The molecule has 20 heavy (non-hydrogen) atoms. The van der Waals surface area contributed by atoms with Crippen molar-refractivity contribution in [1.29, 1.82) is 0 Å². The summed E-state index contributed by atoms with van der Waals surface area (Å²) in [5.74, 6) is 1.75. The second-order valence-corrected chi connectivity index (χ2v) is 5.87. The lowest BCUT2D eigenvalue weighted by Crippen LogP contribution is -2.24. The van der Waals surface area contributed by atoms with Gasteiger partial charge in [0.15, 0.2) is 0 Å². The van der Waals surface area contributed by atoms with Gasteiger partial charge in [0.1, 0.15) is 5.82 Å². The van der Waals surface area contributed by atoms with E-state index in [4.69, 9.17) is 17.3 Å². The van der Waals surface area contributed by atoms with Gasteiger partial charge in [-0.2, -0.15) is 0 Å². The molecule has 1 saturated heterocycles. The van der Waals surface area contributed by atoms with Gasteiger partial charge in [0.25, 0.3) is 0 Å². The average Bonchev–Trinajstić information content (AvgIpc) is 2.89. The molecule has 0 aliphatic carbocycles. The second-order valence-electron chi connectivity index (χ2n) is 5.47. The zero-order valence-electron chi connectivity index (χ0n) is 12.1. The van der Waals surface area contributed by atoms with Gasteiger partial charge in [-0.05, 0) is 24.3 Å². The van der Waals surface area contributed by atoms with Gasteiger partial charge in [-0.25, -0.2) is 4.98 Å². The minimum absolute atomic E-state index is 0.356. The Morgan fingerprint density at radius 2 is 2.25 bits per heavy atom. The Morgan fingerprint density at radius 3 is 2.80 bits per heavy atom. The molecule has 2 N–H and O–H groups in total. The molecule has 0 saturated carbocycles. The van der Waals surface area contributed by atoms with E-state index in [0.29, 0.717) is 16.5 Å². The molecule has 1 fully saturated rings. The van der Waals surface area contributed by atoms with Crippen LogP contribution in [-0.4, -0.2) is 24.0 Å². The number of hydrogen-bond donors (Lipinski definition) is 1. The molecular formula is C15H22ClN3O. The van der Waals surface area contributed by atoms with Gasteiger partial charge in [-0.15, -0.1) is 0 Å². The number of aromatic nitrogens is 1. The minimum atomic E-state index is -0.498. The van der Waals surface area contributed by atoms with Crippen LogP contribution in [0, 0.1) is 11.8 Å². The molecule has 1 aromatic heterocycles. The number of halogens is 1. The number of nitrogens with zero attached hydrogens (tertiary/aromatic N) is 2. The summed E-state index contributed by atoms with van der Waals surface area (Å²) in [6, 6.07) is 1.61. The van der Waals surface area contributed by atoms with Crippen LogP contribution in [0.25, 0.3) is 0 Å². The molecule has 110 valence electrons. The number of amides is 1. The third kappa shape index (κ3) is 3.06. The first-order valence-electron chi connectivity index (χ1n) is 7.27. The molecule has 1 aliphatic rings. The van der Waals surface area contributed by atoms with Gasteiger partial charge in [0.05, 0.1) is 10.6 Å². The van der Waals surface area contributed by atoms with E-state index in [1.54, 1.807) is 6.07 Å². The number of nitrogens with two attached hydrogens (primary N) is 1. The van der Waals surface area contributed by atoms with Crippen molar-refractivity contribution in [3.8, 4) is 0 Å². The van der Waals surface area contributed by atoms with Crippen molar-refractivity contribution in [3.05, 3.63) is 22.8 Å². The Kier molecular flexibility index (Phi) is 4.86. The van der Waals surface area contributed by atoms with Gasteiger partial charge in [0.2, 0.25) is 5.91 Å². The molecule has 1 atom stereocenters. The van der Waals surface area contributed by atoms with Crippen LogP contribution in [0.1, 0.15) is 43.5 Å². The highest BCUT2D eigenvalue weighted by Gasteiger charge is 2.29. The fourth-order valence-electron chi connectivity index (χ4n) is 3.12. The number of pyridine rings is 1. The van der Waals surface area contributed by atoms with Gasteiger partial charge >= 0.3 is 0 Å². The number of carbonyl (C=O) groups is 1. The lowest BCUT2D eigenvalue weighted by Gasteiger charge is -2.22. The molecule has 0 bridgehead atoms. The van der Waals surface area contributed by atoms with Crippen molar-refractivity contribution in [3.63, 3.8) is 0 Å². The van der Waals surface area contributed by atoms with Crippen LogP contribution in [0.2, 0.25) is 5.02 Å². The Morgan fingerprint density at radius 1 is 1.55 bits per heavy atom. The van der Waals surface area contributed by atoms with Crippen LogP contribution in [0.3, 0.4) is 0 Å². The molecule has 0 aromatic carbocycles. The van der Waals surface area contributed by atoms with E-state index >= 15 is 0 Å². The standard InChI is InChI=1S/C15H22ClN3O/c1-3-10(4-2)11-5-6-19(9-11)15-13(16)7-12(8-18-15)14(17)20/h7-8,10-11H,3-6,9H2,1-2H3,(H2,17,20). The number of carbonyl (C=O) groups excluding carboxylic acids is 1. The molecule has 5 heteroatoms. The summed E-state index contributed by atoms with van der Waals surface area (Å²) >= 11 is 6.24. The van der Waals surface area contributed by atoms with Crippen molar-refractivity contribution in [2.45, 2.75) is 33.1 Å². The highest BCUT2D eigenvalue weighted by Crippen LogP contribution is 2.33. The molecule has 0 spiro atoms. The first kappa shape index (κ1) is 15.1. The van der Waals surface area contributed by atoms with Gasteiger partial charge in [-0.1, -0.05) is 38.3 Å². The molecule has 1 aliphatic heterocycles. The van der Waals surface area contributed by atoms with Crippen LogP contribution in [0.5, 0.6) is 0 Å². The second kappa shape index (κ2) is 6.44. The van der Waals surface area contributed by atoms with E-state index in [0.717, 1.165) is 24.8 Å². The minimum Gasteiger partial charge on any atom is -0.366 e. The van der Waals surface area contributed by atoms with E-state index in [9.17, 15) is 4.79 Å². The van der Waals surface area contributed by atoms with Crippen LogP contribution in [0.15, 0.2) is 12.3 Å². The maximum atomic E-state index is 11.1. The van der Waals surface area contributed by atoms with Crippen molar-refractivity contribution >= 4 is 23.3 Å². The maximum Gasteiger partial charge on any atom is 0.250 e. The third-order valence-electron chi connectivity index (χ3n) is 4.35. The molecule has 2 rings (SSSR count). The van der Waals surface area contributed by atoms with Gasteiger partial charge < -0.3 is 10.6 Å². The van der Waals surface area contributed by atoms with Crippen LogP contribution < -0.4 is 10.6 Å². The molecule has 1 aromatic rings. The Hall–Kier alpha value is -1.29. The predicted molar refractivity (Wildman–Crippen MR) is 82.2 cm³/mol. The van der Waals surface area contributed by atoms with Crippen LogP contribution in [0.4, 0.5) is 5.82 Å². The number of rotatable bonds is 5. The van der Waals surface area contributed by atoms with Crippen molar-refractivity contribution in [2.75, 3.05) is 18.0 Å². The van der Waals surface area contributed by atoms with Crippen LogP contribution in [-0.2, 0) is 0 Å². The molecular weight excluding hydrogens is 274 g/mol. The van der Waals surface area contributed by atoms with Gasteiger partial charge in [-0.3, -0.25) is 4.79 Å². The van der Waals surface area contributed by atoms with E-state index in [1.807, 2.05) is 0 Å². The highest BCUT2D eigenvalue weighted by atomic mass is 35.5. The fourth-order valence-corrected chi connectivity index (χ4v) is 3.40. The lowest BCUT2D eigenvalue weighted by molar-refractivity contribution is 0.1000. The predicted octanol–water partition coefficient (Wildman–Crippen LogP) is 3.10. The van der Waals surface area contributed by atoms with Crippen molar-refractivity contribution in [2.24, 2.45) is 17.6 Å². The largest absolute Gasteiger partial charge is 0.366 e. The third-order valence-corrected chi connectivity index (χ3v) is 4.62. The maximum absolute atomic E-state index is 11.1. The number of hydrogen-bond acceptors (Lipinski definition) is 3. The molecule has 4 nitrogen and oxygen atoms in total. The summed E-state index contributed by atoms with van der Waals surface area (Å²) in [5, 5.41) is 0.506. The fraction of sp³-hybridized carbons (Fsp3) is 0.600. The summed E-state index contributed by atoms with van der Waals surface area (Å²) in [6.07, 6.45) is 5.13. The smallest absolute Gasteiger partial charge is 0.250 e. The van der Waals surface area contributed by atoms with Gasteiger partial charge in [0, 0.05) is 19.3 Å². The molecule has 0 radical (unpaired) electrons. The Balaban J connectivity index is 2.12. The monoisotopic (exact) mass is 295 g/mol.